The molecule has 0 atom stereocenters. The van der Waals surface area contributed by atoms with E-state index in [9.17, 15) is 0 Å². The second-order valence-electron chi connectivity index (χ2n) is 4.86. The lowest BCUT2D eigenvalue weighted by Gasteiger charge is -2.09. The van der Waals surface area contributed by atoms with E-state index in [0.717, 1.165) is 5.56 Å². The van der Waals surface area contributed by atoms with Crippen molar-refractivity contribution in [2.24, 2.45) is 0 Å². The molecule has 0 unspecified atom stereocenters. The third kappa shape index (κ3) is 4.26. The molecule has 1 aromatic heterocycles. The molecule has 0 spiro atoms. The van der Waals surface area contributed by atoms with E-state index in [2.05, 4.69) is 25.8 Å². The number of nitrogens with zero attached hydrogens (tertiary/aromatic N) is 3. The molecule has 2 N–H and O–H groups in total. The highest BCUT2D eigenvalue weighted by molar-refractivity contribution is 6.35. The molecule has 0 aliphatic heterocycles. The van der Waals surface area contributed by atoms with Crippen LogP contribution in [0.4, 0.5) is 17.5 Å². The van der Waals surface area contributed by atoms with Gasteiger partial charge < -0.3 is 10.6 Å². The standard InChI is InChI=1S/C16H12Cl3N5/c17-11-5-6-13(19)14(7-11)22-16-23-15(9-21-24-16)20-8-10-3-1-2-4-12(10)18/h1-7,9H,8H2,(H2,20,22,23,24). The molecule has 3 rings (SSSR count). The Balaban J connectivity index is 1.72. The normalized spacial score (nSPS) is 10.5. The van der Waals surface area contributed by atoms with E-state index in [4.69, 9.17) is 34.8 Å². The molecule has 24 heavy (non-hydrogen) atoms. The highest BCUT2D eigenvalue weighted by Gasteiger charge is 2.06. The molecule has 5 nitrogen and oxygen atoms in total. The number of anilines is 3. The van der Waals surface area contributed by atoms with Gasteiger partial charge in [-0.05, 0) is 29.8 Å². The van der Waals surface area contributed by atoms with Gasteiger partial charge in [0, 0.05) is 16.6 Å². The van der Waals surface area contributed by atoms with E-state index in [1.54, 1.807) is 18.2 Å². The largest absolute Gasteiger partial charge is 0.364 e. The lowest BCUT2D eigenvalue weighted by atomic mass is 10.2. The molecule has 0 aliphatic carbocycles. The first-order valence-electron chi connectivity index (χ1n) is 7.01. The molecule has 0 fully saturated rings. The summed E-state index contributed by atoms with van der Waals surface area (Å²) in [5, 5.41) is 15.8. The van der Waals surface area contributed by atoms with Gasteiger partial charge in [-0.3, -0.25) is 0 Å². The zero-order chi connectivity index (χ0) is 16.9. The van der Waals surface area contributed by atoms with Crippen LogP contribution < -0.4 is 10.6 Å². The third-order valence-electron chi connectivity index (χ3n) is 3.15. The van der Waals surface area contributed by atoms with Crippen molar-refractivity contribution in [3.63, 3.8) is 0 Å². The quantitative estimate of drug-likeness (QED) is 0.638. The van der Waals surface area contributed by atoms with Crippen molar-refractivity contribution in [3.05, 3.63) is 69.3 Å². The fraction of sp³-hybridized carbons (Fsp3) is 0.0625. The van der Waals surface area contributed by atoms with Gasteiger partial charge in [0.1, 0.15) is 0 Å². The summed E-state index contributed by atoms with van der Waals surface area (Å²) in [7, 11) is 0. The van der Waals surface area contributed by atoms with Crippen molar-refractivity contribution in [2.75, 3.05) is 10.6 Å². The van der Waals surface area contributed by atoms with Gasteiger partial charge in [0.15, 0.2) is 5.82 Å². The summed E-state index contributed by atoms with van der Waals surface area (Å²) in [5.74, 6) is 0.869. The first kappa shape index (κ1) is 16.8. The third-order valence-corrected chi connectivity index (χ3v) is 4.08. The van der Waals surface area contributed by atoms with E-state index in [0.29, 0.717) is 39.1 Å². The monoisotopic (exact) mass is 379 g/mol. The van der Waals surface area contributed by atoms with E-state index >= 15 is 0 Å². The Labute approximate surface area is 154 Å². The number of aromatic nitrogens is 3. The molecule has 122 valence electrons. The average Bonchev–Trinajstić information content (AvgIpc) is 2.58. The number of benzene rings is 2. The Morgan fingerprint density at radius 1 is 0.958 bits per heavy atom. The van der Waals surface area contributed by atoms with Crippen molar-refractivity contribution in [3.8, 4) is 0 Å². The lowest BCUT2D eigenvalue weighted by molar-refractivity contribution is 0.966. The summed E-state index contributed by atoms with van der Waals surface area (Å²) < 4.78 is 0. The predicted molar refractivity (Wildman–Crippen MR) is 98.4 cm³/mol. The van der Waals surface area contributed by atoms with E-state index in [1.807, 2.05) is 24.3 Å². The van der Waals surface area contributed by atoms with E-state index in [1.165, 1.54) is 6.20 Å². The Hall–Kier alpha value is -2.08. The highest BCUT2D eigenvalue weighted by atomic mass is 35.5. The average molecular weight is 381 g/mol. The van der Waals surface area contributed by atoms with Crippen molar-refractivity contribution >= 4 is 52.3 Å². The van der Waals surface area contributed by atoms with Crippen LogP contribution in [0.5, 0.6) is 0 Å². The van der Waals surface area contributed by atoms with Gasteiger partial charge in [0.05, 0.1) is 16.9 Å². The summed E-state index contributed by atoms with van der Waals surface area (Å²) in [4.78, 5) is 4.34. The maximum Gasteiger partial charge on any atom is 0.249 e. The van der Waals surface area contributed by atoms with Crippen LogP contribution in [0.1, 0.15) is 5.56 Å². The Bertz CT molecular complexity index is 857. The molecule has 0 saturated heterocycles. The summed E-state index contributed by atoms with van der Waals surface area (Å²) in [5.41, 5.74) is 1.57. The molecule has 0 amide bonds. The van der Waals surface area contributed by atoms with Crippen LogP contribution in [0.25, 0.3) is 0 Å². The smallest absolute Gasteiger partial charge is 0.249 e. The van der Waals surface area contributed by atoms with Crippen LogP contribution >= 0.6 is 34.8 Å². The minimum absolute atomic E-state index is 0.309. The fourth-order valence-electron chi connectivity index (χ4n) is 1.98. The Morgan fingerprint density at radius 3 is 2.62 bits per heavy atom. The number of nitrogens with one attached hydrogen (secondary N) is 2. The fourth-order valence-corrected chi connectivity index (χ4v) is 2.52. The van der Waals surface area contributed by atoms with Crippen LogP contribution in [0.15, 0.2) is 48.7 Å². The Kier molecular flexibility index (Phi) is 5.35. The number of rotatable bonds is 5. The predicted octanol–water partition coefficient (Wildman–Crippen LogP) is 5.19. The highest BCUT2D eigenvalue weighted by Crippen LogP contribution is 2.27. The van der Waals surface area contributed by atoms with Crippen LogP contribution in [0.2, 0.25) is 15.1 Å². The first-order chi connectivity index (χ1) is 11.6. The summed E-state index contributed by atoms with van der Waals surface area (Å²) >= 11 is 18.2. The molecule has 0 saturated carbocycles. The number of hydrogen-bond acceptors (Lipinski definition) is 5. The summed E-state index contributed by atoms with van der Waals surface area (Å²) in [6, 6.07) is 12.7. The Morgan fingerprint density at radius 2 is 1.79 bits per heavy atom. The van der Waals surface area contributed by atoms with E-state index in [-0.39, 0.29) is 0 Å². The van der Waals surface area contributed by atoms with Crippen molar-refractivity contribution in [2.45, 2.75) is 6.54 Å². The molecule has 0 bridgehead atoms. The lowest BCUT2D eigenvalue weighted by Crippen LogP contribution is -2.06. The zero-order valence-corrected chi connectivity index (χ0v) is 14.6. The minimum Gasteiger partial charge on any atom is -0.364 e. The summed E-state index contributed by atoms with van der Waals surface area (Å²) in [6.45, 7) is 0.524. The van der Waals surface area contributed by atoms with Crippen molar-refractivity contribution in [1.29, 1.82) is 0 Å². The van der Waals surface area contributed by atoms with Gasteiger partial charge in [-0.1, -0.05) is 53.0 Å². The second kappa shape index (κ2) is 7.66. The molecular weight excluding hydrogens is 369 g/mol. The van der Waals surface area contributed by atoms with Crippen LogP contribution in [-0.4, -0.2) is 15.2 Å². The van der Waals surface area contributed by atoms with Gasteiger partial charge in [-0.2, -0.15) is 10.1 Å². The molecule has 3 aromatic rings. The van der Waals surface area contributed by atoms with E-state index < -0.39 is 0 Å². The molecule has 2 aromatic carbocycles. The minimum atomic E-state index is 0.309. The topological polar surface area (TPSA) is 62.7 Å². The first-order valence-corrected chi connectivity index (χ1v) is 8.14. The van der Waals surface area contributed by atoms with Crippen molar-refractivity contribution < 1.29 is 0 Å². The number of halogens is 3. The molecular formula is C16H12Cl3N5. The molecule has 0 radical (unpaired) electrons. The van der Waals surface area contributed by atoms with Gasteiger partial charge in [0.25, 0.3) is 0 Å². The maximum atomic E-state index is 6.13. The van der Waals surface area contributed by atoms with Crippen LogP contribution in [-0.2, 0) is 6.54 Å². The molecule has 0 aliphatic rings. The van der Waals surface area contributed by atoms with Crippen LogP contribution in [0, 0.1) is 0 Å². The van der Waals surface area contributed by atoms with Gasteiger partial charge in [-0.15, -0.1) is 5.10 Å². The van der Waals surface area contributed by atoms with Gasteiger partial charge in [0.2, 0.25) is 5.95 Å². The zero-order valence-electron chi connectivity index (χ0n) is 12.3. The second-order valence-corrected chi connectivity index (χ2v) is 6.11. The number of hydrogen-bond donors (Lipinski definition) is 2. The molecule has 8 heteroatoms. The maximum absolute atomic E-state index is 6.13. The summed E-state index contributed by atoms with van der Waals surface area (Å²) in [6.07, 6.45) is 1.53. The van der Waals surface area contributed by atoms with Gasteiger partial charge in [-0.25, -0.2) is 0 Å². The van der Waals surface area contributed by atoms with Gasteiger partial charge >= 0.3 is 0 Å². The van der Waals surface area contributed by atoms with Crippen molar-refractivity contribution in [1.82, 2.24) is 15.2 Å². The van der Waals surface area contributed by atoms with Crippen LogP contribution in [0.3, 0.4) is 0 Å². The SMILES string of the molecule is Clc1ccc(Cl)c(Nc2nncc(NCc3ccccc3Cl)n2)c1. The molecule has 1 heterocycles.